The molecule has 0 bridgehead atoms. The van der Waals surface area contributed by atoms with Crippen LogP contribution in [0.5, 0.6) is 0 Å². The molecule has 1 amide bonds. The van der Waals surface area contributed by atoms with Crippen molar-refractivity contribution in [3.05, 3.63) is 52.7 Å². The van der Waals surface area contributed by atoms with Crippen molar-refractivity contribution in [2.75, 3.05) is 31.2 Å². The Hall–Kier alpha value is -2.18. The highest BCUT2D eigenvalue weighted by atomic mass is 35.5. The van der Waals surface area contributed by atoms with E-state index in [0.717, 1.165) is 24.5 Å². The van der Waals surface area contributed by atoms with E-state index in [1.54, 1.807) is 18.2 Å². The number of hydrogen-bond acceptors (Lipinski definition) is 5. The molecular formula is C16H17ClN4O2. The third-order valence-corrected chi connectivity index (χ3v) is 3.84. The molecule has 1 aliphatic rings. The summed E-state index contributed by atoms with van der Waals surface area (Å²) in [6.45, 7) is 3.37. The van der Waals surface area contributed by atoms with Crippen LogP contribution in [-0.2, 0) is 11.3 Å². The van der Waals surface area contributed by atoms with Gasteiger partial charge in [-0.15, -0.1) is 10.2 Å². The van der Waals surface area contributed by atoms with E-state index in [0.29, 0.717) is 30.5 Å². The quantitative estimate of drug-likeness (QED) is 0.926. The Bertz CT molecular complexity index is 655. The van der Waals surface area contributed by atoms with Gasteiger partial charge in [0, 0.05) is 24.7 Å². The zero-order chi connectivity index (χ0) is 16.1. The fourth-order valence-corrected chi connectivity index (χ4v) is 2.41. The fourth-order valence-electron chi connectivity index (χ4n) is 2.28. The summed E-state index contributed by atoms with van der Waals surface area (Å²) in [5.41, 5.74) is 1.27. The lowest BCUT2D eigenvalue weighted by molar-refractivity contribution is 0.0944. The highest BCUT2D eigenvalue weighted by Gasteiger charge is 2.14. The van der Waals surface area contributed by atoms with E-state index in [4.69, 9.17) is 16.3 Å². The third-order valence-electron chi connectivity index (χ3n) is 3.58. The molecular weight excluding hydrogens is 316 g/mol. The number of aromatic nitrogens is 2. The van der Waals surface area contributed by atoms with Crippen LogP contribution < -0.4 is 10.2 Å². The topological polar surface area (TPSA) is 67.4 Å². The number of rotatable bonds is 4. The van der Waals surface area contributed by atoms with E-state index in [1.807, 2.05) is 18.2 Å². The molecule has 0 atom stereocenters. The van der Waals surface area contributed by atoms with Crippen LogP contribution in [0, 0.1) is 0 Å². The molecule has 1 fully saturated rings. The first-order valence-corrected chi connectivity index (χ1v) is 7.79. The van der Waals surface area contributed by atoms with Crippen LogP contribution >= 0.6 is 11.6 Å². The average molecular weight is 333 g/mol. The molecule has 0 saturated carbocycles. The number of carbonyl (C=O) groups excluding carboxylic acids is 1. The van der Waals surface area contributed by atoms with E-state index in [-0.39, 0.29) is 5.91 Å². The molecule has 6 nitrogen and oxygen atoms in total. The number of carbonyl (C=O) groups is 1. The predicted molar refractivity (Wildman–Crippen MR) is 87.7 cm³/mol. The summed E-state index contributed by atoms with van der Waals surface area (Å²) in [4.78, 5) is 14.2. The number of anilines is 1. The van der Waals surface area contributed by atoms with Crippen molar-refractivity contribution < 1.29 is 9.53 Å². The Morgan fingerprint density at radius 3 is 2.52 bits per heavy atom. The lowest BCUT2D eigenvalue weighted by atomic mass is 10.2. The van der Waals surface area contributed by atoms with Gasteiger partial charge in [-0.2, -0.15) is 0 Å². The van der Waals surface area contributed by atoms with E-state index in [9.17, 15) is 4.79 Å². The maximum absolute atomic E-state index is 12.1. The highest BCUT2D eigenvalue weighted by molar-refractivity contribution is 6.30. The summed E-state index contributed by atoms with van der Waals surface area (Å²) >= 11 is 5.83. The zero-order valence-electron chi connectivity index (χ0n) is 12.5. The molecule has 0 aliphatic carbocycles. The third kappa shape index (κ3) is 4.18. The highest BCUT2D eigenvalue weighted by Crippen LogP contribution is 2.12. The zero-order valence-corrected chi connectivity index (χ0v) is 13.3. The van der Waals surface area contributed by atoms with Crippen LogP contribution in [0.3, 0.4) is 0 Å². The van der Waals surface area contributed by atoms with Crippen molar-refractivity contribution in [3.8, 4) is 0 Å². The number of benzene rings is 1. The molecule has 1 N–H and O–H groups in total. The Morgan fingerprint density at radius 1 is 1.13 bits per heavy atom. The van der Waals surface area contributed by atoms with Gasteiger partial charge in [-0.3, -0.25) is 4.79 Å². The molecule has 0 unspecified atom stereocenters. The van der Waals surface area contributed by atoms with Crippen molar-refractivity contribution in [1.29, 1.82) is 0 Å². The maximum Gasteiger partial charge on any atom is 0.272 e. The largest absolute Gasteiger partial charge is 0.378 e. The van der Waals surface area contributed by atoms with Gasteiger partial charge in [0.15, 0.2) is 11.5 Å². The van der Waals surface area contributed by atoms with Crippen molar-refractivity contribution in [2.45, 2.75) is 6.54 Å². The van der Waals surface area contributed by atoms with Gasteiger partial charge in [0.1, 0.15) is 0 Å². The normalized spacial score (nSPS) is 14.6. The SMILES string of the molecule is O=C(NCc1ccc(Cl)cc1)c1ccc(N2CCOCC2)nn1. The number of nitrogens with zero attached hydrogens (tertiary/aromatic N) is 3. The molecule has 1 aromatic heterocycles. The minimum atomic E-state index is -0.249. The summed E-state index contributed by atoms with van der Waals surface area (Å²) in [5.74, 6) is 0.517. The summed E-state index contributed by atoms with van der Waals surface area (Å²) in [7, 11) is 0. The van der Waals surface area contributed by atoms with Crippen LogP contribution in [0.4, 0.5) is 5.82 Å². The lowest BCUT2D eigenvalue weighted by Crippen LogP contribution is -2.37. The van der Waals surface area contributed by atoms with Gasteiger partial charge < -0.3 is 15.0 Å². The van der Waals surface area contributed by atoms with Crippen molar-refractivity contribution in [1.82, 2.24) is 15.5 Å². The smallest absolute Gasteiger partial charge is 0.272 e. The summed E-state index contributed by atoms with van der Waals surface area (Å²) in [6, 6.07) is 10.8. The van der Waals surface area contributed by atoms with Crippen molar-refractivity contribution in [3.63, 3.8) is 0 Å². The van der Waals surface area contributed by atoms with Crippen LogP contribution in [-0.4, -0.2) is 42.4 Å². The standard InChI is InChI=1S/C16H17ClN4O2/c17-13-3-1-12(2-4-13)11-18-16(22)14-5-6-15(20-19-14)21-7-9-23-10-8-21/h1-6H,7-11H2,(H,18,22). The molecule has 0 radical (unpaired) electrons. The molecule has 3 rings (SSSR count). The van der Waals surface area contributed by atoms with Gasteiger partial charge >= 0.3 is 0 Å². The molecule has 0 spiro atoms. The van der Waals surface area contributed by atoms with Gasteiger partial charge in [0.2, 0.25) is 0 Å². The first-order chi connectivity index (χ1) is 11.2. The number of hydrogen-bond donors (Lipinski definition) is 1. The maximum atomic E-state index is 12.1. The van der Waals surface area contributed by atoms with Gasteiger partial charge in [-0.05, 0) is 29.8 Å². The Labute approximate surface area is 139 Å². The van der Waals surface area contributed by atoms with Crippen LogP contribution in [0.1, 0.15) is 16.1 Å². The summed E-state index contributed by atoms with van der Waals surface area (Å²) < 4.78 is 5.30. The van der Waals surface area contributed by atoms with E-state index >= 15 is 0 Å². The van der Waals surface area contributed by atoms with Gasteiger partial charge in [-0.25, -0.2) is 0 Å². The minimum absolute atomic E-state index is 0.249. The predicted octanol–water partition coefficient (Wildman–Crippen LogP) is 1.90. The lowest BCUT2D eigenvalue weighted by Gasteiger charge is -2.27. The molecule has 2 heterocycles. The van der Waals surface area contributed by atoms with Gasteiger partial charge in [0.25, 0.3) is 5.91 Å². The second-order valence-corrected chi connectivity index (χ2v) is 5.62. The molecule has 1 aromatic carbocycles. The number of nitrogens with one attached hydrogen (secondary N) is 1. The number of morpholine rings is 1. The Kier molecular flexibility index (Phi) is 5.05. The van der Waals surface area contributed by atoms with Crippen molar-refractivity contribution >= 4 is 23.3 Å². The second-order valence-electron chi connectivity index (χ2n) is 5.19. The number of halogens is 1. The summed E-state index contributed by atoms with van der Waals surface area (Å²) in [6.07, 6.45) is 0. The molecule has 23 heavy (non-hydrogen) atoms. The number of ether oxygens (including phenoxy) is 1. The monoisotopic (exact) mass is 332 g/mol. The van der Waals surface area contributed by atoms with Crippen LogP contribution in [0.15, 0.2) is 36.4 Å². The molecule has 120 valence electrons. The van der Waals surface area contributed by atoms with E-state index in [2.05, 4.69) is 20.4 Å². The van der Waals surface area contributed by atoms with Crippen LogP contribution in [0.2, 0.25) is 5.02 Å². The van der Waals surface area contributed by atoms with Crippen molar-refractivity contribution in [2.24, 2.45) is 0 Å². The molecule has 1 aliphatic heterocycles. The Morgan fingerprint density at radius 2 is 1.87 bits per heavy atom. The van der Waals surface area contributed by atoms with Crippen LogP contribution in [0.25, 0.3) is 0 Å². The average Bonchev–Trinajstić information content (AvgIpc) is 2.62. The molecule has 2 aromatic rings. The molecule has 7 heteroatoms. The Balaban J connectivity index is 1.57. The first-order valence-electron chi connectivity index (χ1n) is 7.41. The fraction of sp³-hybridized carbons (Fsp3) is 0.312. The first kappa shape index (κ1) is 15.7. The molecule has 1 saturated heterocycles. The second kappa shape index (κ2) is 7.39. The van der Waals surface area contributed by atoms with E-state index in [1.165, 1.54) is 0 Å². The van der Waals surface area contributed by atoms with Gasteiger partial charge in [0.05, 0.1) is 13.2 Å². The number of amides is 1. The van der Waals surface area contributed by atoms with E-state index < -0.39 is 0 Å². The minimum Gasteiger partial charge on any atom is -0.378 e. The summed E-state index contributed by atoms with van der Waals surface area (Å²) in [5, 5.41) is 11.6. The van der Waals surface area contributed by atoms with Gasteiger partial charge in [-0.1, -0.05) is 23.7 Å².